The molecule has 142 valence electrons. The minimum atomic E-state index is -1.27. The molecule has 1 heterocycles. The molecule has 3 rings (SSSR count). The normalized spacial score (nSPS) is 42.7. The Hall–Kier alpha value is -1.68. The average molecular weight is 358 g/mol. The van der Waals surface area contributed by atoms with Crippen LogP contribution in [0.4, 0.5) is 0 Å². The lowest BCUT2D eigenvalue weighted by Gasteiger charge is -2.51. The summed E-state index contributed by atoms with van der Waals surface area (Å²) in [6.07, 6.45) is 10.3. The van der Waals surface area contributed by atoms with Gasteiger partial charge in [0.15, 0.2) is 5.78 Å². The molecule has 1 N–H and O–H groups in total. The number of aliphatic hydroxyl groups is 1. The van der Waals surface area contributed by atoms with E-state index in [1.807, 2.05) is 52.0 Å². The molecule has 0 saturated carbocycles. The van der Waals surface area contributed by atoms with Crippen molar-refractivity contribution in [2.45, 2.75) is 71.5 Å². The van der Waals surface area contributed by atoms with Crippen LogP contribution in [0.1, 0.15) is 59.8 Å². The molecule has 0 saturated heterocycles. The van der Waals surface area contributed by atoms with Crippen molar-refractivity contribution in [3.05, 3.63) is 35.5 Å². The van der Waals surface area contributed by atoms with Crippen molar-refractivity contribution in [3.8, 4) is 0 Å². The van der Waals surface area contributed by atoms with Gasteiger partial charge in [-0.25, -0.2) is 0 Å². The summed E-state index contributed by atoms with van der Waals surface area (Å²) in [4.78, 5) is 25.4. The SMILES string of the molecule is CCC1OC(=O)CCC2C=CCC3(CC=C(C)C3=O)C2(O)/C(C)=C/C1C. The molecular formula is C22H30O4. The van der Waals surface area contributed by atoms with E-state index in [1.54, 1.807) is 0 Å². The minimum absolute atomic E-state index is 0.0137. The van der Waals surface area contributed by atoms with Crippen molar-refractivity contribution in [2.24, 2.45) is 17.3 Å². The van der Waals surface area contributed by atoms with Crippen LogP contribution in [-0.4, -0.2) is 28.6 Å². The number of rotatable bonds is 1. The summed E-state index contributed by atoms with van der Waals surface area (Å²) in [6.45, 7) is 7.78. The zero-order chi connectivity index (χ0) is 19.1. The number of ketones is 1. The molecule has 1 spiro atoms. The van der Waals surface area contributed by atoms with Crippen molar-refractivity contribution in [1.82, 2.24) is 0 Å². The van der Waals surface area contributed by atoms with Gasteiger partial charge in [0.2, 0.25) is 0 Å². The number of esters is 1. The highest BCUT2D eigenvalue weighted by Crippen LogP contribution is 2.56. The molecule has 1 aliphatic heterocycles. The number of carbonyl (C=O) groups excluding carboxylic acids is 2. The largest absolute Gasteiger partial charge is 0.462 e. The summed E-state index contributed by atoms with van der Waals surface area (Å²) in [5.74, 6) is -0.463. The van der Waals surface area contributed by atoms with Gasteiger partial charge in [-0.05, 0) is 50.7 Å². The van der Waals surface area contributed by atoms with Crippen LogP contribution < -0.4 is 0 Å². The molecule has 0 bridgehead atoms. The maximum absolute atomic E-state index is 13.1. The van der Waals surface area contributed by atoms with Gasteiger partial charge in [0, 0.05) is 18.3 Å². The minimum Gasteiger partial charge on any atom is -0.462 e. The first-order valence-electron chi connectivity index (χ1n) is 9.75. The lowest BCUT2D eigenvalue weighted by molar-refractivity contribution is -0.154. The Balaban J connectivity index is 2.13. The molecule has 26 heavy (non-hydrogen) atoms. The van der Waals surface area contributed by atoms with Gasteiger partial charge in [0.1, 0.15) is 11.7 Å². The Labute approximate surface area is 156 Å². The number of hydrogen-bond acceptors (Lipinski definition) is 4. The van der Waals surface area contributed by atoms with Crippen LogP contribution in [0, 0.1) is 17.3 Å². The van der Waals surface area contributed by atoms with E-state index in [2.05, 4.69) is 0 Å². The van der Waals surface area contributed by atoms with E-state index in [1.165, 1.54) is 0 Å². The van der Waals surface area contributed by atoms with Crippen molar-refractivity contribution in [1.29, 1.82) is 0 Å². The molecule has 0 aromatic rings. The Morgan fingerprint density at radius 1 is 1.27 bits per heavy atom. The molecule has 2 aliphatic carbocycles. The number of Topliss-reactive ketones (excluding diaryl/α,β-unsaturated/α-hetero) is 1. The van der Waals surface area contributed by atoms with Crippen molar-refractivity contribution < 1.29 is 19.4 Å². The van der Waals surface area contributed by atoms with E-state index >= 15 is 0 Å². The first kappa shape index (κ1) is 19.1. The third-order valence-electron chi connectivity index (χ3n) is 6.70. The number of ether oxygens (including phenoxy) is 1. The van der Waals surface area contributed by atoms with Gasteiger partial charge < -0.3 is 9.84 Å². The summed E-state index contributed by atoms with van der Waals surface area (Å²) in [6, 6.07) is 0. The topological polar surface area (TPSA) is 63.6 Å². The van der Waals surface area contributed by atoms with Gasteiger partial charge in [0.25, 0.3) is 0 Å². The maximum Gasteiger partial charge on any atom is 0.306 e. The summed E-state index contributed by atoms with van der Waals surface area (Å²) < 4.78 is 5.64. The van der Waals surface area contributed by atoms with Gasteiger partial charge in [-0.2, -0.15) is 0 Å². The van der Waals surface area contributed by atoms with Crippen LogP contribution in [0.2, 0.25) is 0 Å². The van der Waals surface area contributed by atoms with Crippen molar-refractivity contribution in [3.63, 3.8) is 0 Å². The Morgan fingerprint density at radius 2 is 2.00 bits per heavy atom. The number of cyclic esters (lactones) is 1. The number of fused-ring (bicyclic) bond motifs is 2. The fourth-order valence-corrected chi connectivity index (χ4v) is 5.15. The van der Waals surface area contributed by atoms with Crippen LogP contribution in [0.25, 0.3) is 0 Å². The number of carbonyl (C=O) groups is 2. The van der Waals surface area contributed by atoms with Crippen molar-refractivity contribution in [2.75, 3.05) is 0 Å². The molecule has 0 fully saturated rings. The third kappa shape index (κ3) is 2.70. The number of allylic oxidation sites excluding steroid dienone is 3. The van der Waals surface area contributed by atoms with Crippen LogP contribution in [0.3, 0.4) is 0 Å². The summed E-state index contributed by atoms with van der Waals surface area (Å²) in [5, 5.41) is 12.1. The van der Waals surface area contributed by atoms with Crippen LogP contribution >= 0.6 is 0 Å². The molecule has 0 aromatic heterocycles. The van der Waals surface area contributed by atoms with E-state index in [0.29, 0.717) is 19.3 Å². The predicted octanol–water partition coefficient (Wildman–Crippen LogP) is 3.90. The van der Waals surface area contributed by atoms with E-state index < -0.39 is 11.0 Å². The quantitative estimate of drug-likeness (QED) is 0.570. The smallest absolute Gasteiger partial charge is 0.306 e. The molecule has 5 atom stereocenters. The second-order valence-electron chi connectivity index (χ2n) is 8.19. The Morgan fingerprint density at radius 3 is 2.62 bits per heavy atom. The van der Waals surface area contributed by atoms with Gasteiger partial charge >= 0.3 is 5.97 Å². The highest BCUT2D eigenvalue weighted by Gasteiger charge is 2.61. The fourth-order valence-electron chi connectivity index (χ4n) is 5.15. The van der Waals surface area contributed by atoms with Crippen molar-refractivity contribution >= 4 is 11.8 Å². The van der Waals surface area contributed by atoms with Gasteiger partial charge in [-0.3, -0.25) is 9.59 Å². The first-order chi connectivity index (χ1) is 12.3. The molecule has 0 aromatic carbocycles. The summed E-state index contributed by atoms with van der Waals surface area (Å²) in [7, 11) is 0. The van der Waals surface area contributed by atoms with Gasteiger partial charge in [0.05, 0.1) is 5.41 Å². The summed E-state index contributed by atoms with van der Waals surface area (Å²) in [5.41, 5.74) is -0.553. The van der Waals surface area contributed by atoms with Crippen LogP contribution in [-0.2, 0) is 14.3 Å². The predicted molar refractivity (Wildman–Crippen MR) is 100 cm³/mol. The van der Waals surface area contributed by atoms with E-state index in [0.717, 1.165) is 17.6 Å². The van der Waals surface area contributed by atoms with Gasteiger partial charge in [-0.15, -0.1) is 0 Å². The summed E-state index contributed by atoms with van der Waals surface area (Å²) >= 11 is 0. The highest BCUT2D eigenvalue weighted by molar-refractivity contribution is 6.03. The zero-order valence-corrected chi connectivity index (χ0v) is 16.2. The third-order valence-corrected chi connectivity index (χ3v) is 6.70. The molecular weight excluding hydrogens is 328 g/mol. The standard InChI is InChI=1S/C22H30O4/c1-5-18-15(3)13-16(4)22(25)17(8-9-19(23)26-18)7-6-11-21(22)12-10-14(2)20(21)24/h6-7,10,13,15,17-18,25H,5,8-9,11-12H2,1-4H3/b16-13+. The fraction of sp³-hybridized carbons (Fsp3) is 0.636. The molecule has 0 amide bonds. The second kappa shape index (κ2) is 6.80. The average Bonchev–Trinajstić information content (AvgIpc) is 2.89. The molecule has 4 nitrogen and oxygen atoms in total. The maximum atomic E-state index is 13.1. The number of hydrogen-bond donors (Lipinski definition) is 1. The lowest BCUT2D eigenvalue weighted by atomic mass is 9.55. The monoisotopic (exact) mass is 358 g/mol. The van der Waals surface area contributed by atoms with E-state index in [9.17, 15) is 14.7 Å². The molecule has 4 heteroatoms. The Kier molecular flexibility index (Phi) is 5.00. The molecule has 5 unspecified atom stereocenters. The van der Waals surface area contributed by atoms with Crippen LogP contribution in [0.5, 0.6) is 0 Å². The van der Waals surface area contributed by atoms with E-state index in [-0.39, 0.29) is 36.1 Å². The lowest BCUT2D eigenvalue weighted by Crippen LogP contribution is -2.58. The zero-order valence-electron chi connectivity index (χ0n) is 16.2. The first-order valence-corrected chi connectivity index (χ1v) is 9.75. The highest BCUT2D eigenvalue weighted by atomic mass is 16.5. The van der Waals surface area contributed by atoms with E-state index in [4.69, 9.17) is 4.74 Å². The Bertz CT molecular complexity index is 701. The molecule has 0 radical (unpaired) electrons. The second-order valence-corrected chi connectivity index (χ2v) is 8.19. The van der Waals surface area contributed by atoms with Gasteiger partial charge in [-0.1, -0.05) is 38.2 Å². The van der Waals surface area contributed by atoms with Crippen LogP contribution in [0.15, 0.2) is 35.5 Å². The molecule has 3 aliphatic rings.